The Morgan fingerprint density at radius 2 is 2.00 bits per heavy atom. The highest BCUT2D eigenvalue weighted by atomic mass is 32.2. The Morgan fingerprint density at radius 1 is 1.46 bits per heavy atom. The van der Waals surface area contributed by atoms with Gasteiger partial charge in [-0.3, -0.25) is 4.79 Å². The molecule has 0 aromatic heterocycles. The number of hydrogen-bond donors (Lipinski definition) is 1. The average Bonchev–Trinajstić information content (AvgIpc) is 2.13. The zero-order chi connectivity index (χ0) is 10.3. The van der Waals surface area contributed by atoms with Crippen molar-refractivity contribution in [2.45, 2.75) is 38.4 Å². The predicted molar refractivity (Wildman–Crippen MR) is 58.2 cm³/mol. The summed E-state index contributed by atoms with van der Waals surface area (Å²) in [6.07, 6.45) is 5.31. The van der Waals surface area contributed by atoms with Gasteiger partial charge in [0.15, 0.2) is 0 Å². The third kappa shape index (κ3) is 3.43. The minimum Gasteiger partial charge on any atom is -0.480 e. The van der Waals surface area contributed by atoms with E-state index in [-0.39, 0.29) is 0 Å². The molecule has 0 atom stereocenters. The minimum atomic E-state index is -0.688. The maximum Gasteiger partial charge on any atom is 0.319 e. The highest BCUT2D eigenvalue weighted by Crippen LogP contribution is 2.32. The summed E-state index contributed by atoms with van der Waals surface area (Å²) >= 11 is 1.52. The van der Waals surface area contributed by atoms with Crippen molar-refractivity contribution in [3.8, 4) is 0 Å². The summed E-state index contributed by atoms with van der Waals surface area (Å²) in [5.41, 5.74) is 0. The second-order valence-electron chi connectivity index (χ2n) is 2.89. The fourth-order valence-electron chi connectivity index (χ4n) is 1.12. The van der Waals surface area contributed by atoms with Crippen molar-refractivity contribution in [2.75, 3.05) is 5.75 Å². The van der Waals surface area contributed by atoms with Crippen LogP contribution in [-0.4, -0.2) is 21.6 Å². The van der Waals surface area contributed by atoms with Gasteiger partial charge in [-0.15, -0.1) is 11.8 Å². The van der Waals surface area contributed by atoms with Gasteiger partial charge in [-0.1, -0.05) is 26.0 Å². The molecule has 0 bridgehead atoms. The smallest absolute Gasteiger partial charge is 0.319 e. The van der Waals surface area contributed by atoms with E-state index < -0.39 is 10.7 Å². The average molecular weight is 202 g/mol. The predicted octanol–water partition coefficient (Wildman–Crippen LogP) is 2.94. The Bertz CT molecular complexity index is 183. The molecule has 0 aliphatic carbocycles. The van der Waals surface area contributed by atoms with Crippen LogP contribution in [-0.2, 0) is 4.79 Å². The second-order valence-corrected chi connectivity index (χ2v) is 4.29. The monoisotopic (exact) mass is 202 g/mol. The molecule has 0 aromatic rings. The van der Waals surface area contributed by atoms with Crippen LogP contribution in [0.1, 0.15) is 33.6 Å². The van der Waals surface area contributed by atoms with Crippen LogP contribution in [0.15, 0.2) is 12.2 Å². The Labute approximate surface area is 84.4 Å². The first-order chi connectivity index (χ1) is 6.13. The number of carboxylic acids is 1. The molecule has 0 rings (SSSR count). The Hall–Kier alpha value is -0.440. The zero-order valence-electron chi connectivity index (χ0n) is 8.54. The van der Waals surface area contributed by atoms with Crippen LogP contribution in [0.5, 0.6) is 0 Å². The number of hydrogen-bond acceptors (Lipinski definition) is 2. The summed E-state index contributed by atoms with van der Waals surface area (Å²) in [6.45, 7) is 5.81. The molecule has 0 aliphatic rings. The standard InChI is InChI=1S/C10H18O2S/c1-4-7-8-13-10(5-2,6-3)9(11)12/h4,7H,5-6,8H2,1-3H3,(H,11,12)/b7-4+. The molecular formula is C10H18O2S. The van der Waals surface area contributed by atoms with Gasteiger partial charge in [0.1, 0.15) is 4.75 Å². The van der Waals surface area contributed by atoms with E-state index in [1.54, 1.807) is 0 Å². The van der Waals surface area contributed by atoms with Gasteiger partial charge < -0.3 is 5.11 Å². The summed E-state index contributed by atoms with van der Waals surface area (Å²) in [5, 5.41) is 9.08. The van der Waals surface area contributed by atoms with Crippen LogP contribution in [0, 0.1) is 0 Å². The van der Waals surface area contributed by atoms with Crippen LogP contribution in [0.25, 0.3) is 0 Å². The number of carbonyl (C=O) groups is 1. The van der Waals surface area contributed by atoms with Crippen LogP contribution in [0.2, 0.25) is 0 Å². The Kier molecular flexibility index (Phi) is 5.88. The third-order valence-corrected chi connectivity index (χ3v) is 3.89. The SMILES string of the molecule is C/C=C/CSC(CC)(CC)C(=O)O. The van der Waals surface area contributed by atoms with Crippen molar-refractivity contribution in [1.82, 2.24) is 0 Å². The van der Waals surface area contributed by atoms with Crippen molar-refractivity contribution in [2.24, 2.45) is 0 Å². The van der Waals surface area contributed by atoms with Gasteiger partial charge in [0, 0.05) is 5.75 Å². The van der Waals surface area contributed by atoms with Gasteiger partial charge in [-0.05, 0) is 19.8 Å². The number of thioether (sulfide) groups is 1. The molecule has 0 unspecified atom stereocenters. The van der Waals surface area contributed by atoms with Crippen LogP contribution in [0.4, 0.5) is 0 Å². The van der Waals surface area contributed by atoms with E-state index in [2.05, 4.69) is 0 Å². The summed E-state index contributed by atoms with van der Waals surface area (Å²) in [6, 6.07) is 0. The maximum atomic E-state index is 11.0. The molecule has 0 spiro atoms. The number of aliphatic carboxylic acids is 1. The van der Waals surface area contributed by atoms with E-state index >= 15 is 0 Å². The van der Waals surface area contributed by atoms with Gasteiger partial charge >= 0.3 is 5.97 Å². The lowest BCUT2D eigenvalue weighted by molar-refractivity contribution is -0.140. The van der Waals surface area contributed by atoms with Crippen molar-refractivity contribution in [3.05, 3.63) is 12.2 Å². The van der Waals surface area contributed by atoms with Crippen LogP contribution < -0.4 is 0 Å². The lowest BCUT2D eigenvalue weighted by Crippen LogP contribution is -2.33. The fourth-order valence-corrected chi connectivity index (χ4v) is 2.26. The van der Waals surface area contributed by atoms with Crippen molar-refractivity contribution in [3.63, 3.8) is 0 Å². The highest BCUT2D eigenvalue weighted by Gasteiger charge is 2.34. The molecule has 0 aliphatic heterocycles. The van der Waals surface area contributed by atoms with Crippen molar-refractivity contribution < 1.29 is 9.90 Å². The highest BCUT2D eigenvalue weighted by molar-refractivity contribution is 8.01. The van der Waals surface area contributed by atoms with E-state index in [9.17, 15) is 4.79 Å². The summed E-state index contributed by atoms with van der Waals surface area (Å²) in [4.78, 5) is 11.0. The molecule has 0 aromatic carbocycles. The fraction of sp³-hybridized carbons (Fsp3) is 0.700. The number of carboxylic acid groups (broad SMARTS) is 1. The molecule has 0 heterocycles. The molecule has 0 radical (unpaired) electrons. The third-order valence-electron chi connectivity index (χ3n) is 2.22. The lowest BCUT2D eigenvalue weighted by atomic mass is 10.0. The molecular weight excluding hydrogens is 184 g/mol. The number of allylic oxidation sites excluding steroid dienone is 1. The van der Waals surface area contributed by atoms with E-state index in [1.807, 2.05) is 32.9 Å². The number of rotatable bonds is 6. The second kappa shape index (κ2) is 6.08. The quantitative estimate of drug-likeness (QED) is 0.673. The topological polar surface area (TPSA) is 37.3 Å². The van der Waals surface area contributed by atoms with Crippen LogP contribution >= 0.6 is 11.8 Å². The maximum absolute atomic E-state index is 11.0. The molecule has 0 fully saturated rings. The summed E-state index contributed by atoms with van der Waals surface area (Å²) in [5.74, 6) is 0.0943. The first-order valence-corrected chi connectivity index (χ1v) is 5.60. The first-order valence-electron chi connectivity index (χ1n) is 4.61. The van der Waals surface area contributed by atoms with Crippen LogP contribution in [0.3, 0.4) is 0 Å². The Balaban J connectivity index is 4.30. The molecule has 13 heavy (non-hydrogen) atoms. The summed E-state index contributed by atoms with van der Waals surface area (Å²) in [7, 11) is 0. The normalized spacial score (nSPS) is 12.2. The van der Waals surface area contributed by atoms with Gasteiger partial charge in [0.25, 0.3) is 0 Å². The van der Waals surface area contributed by atoms with E-state index in [1.165, 1.54) is 11.8 Å². The molecule has 0 amide bonds. The molecule has 0 saturated carbocycles. The summed E-state index contributed by atoms with van der Waals surface area (Å²) < 4.78 is -0.584. The van der Waals surface area contributed by atoms with Gasteiger partial charge in [-0.25, -0.2) is 0 Å². The largest absolute Gasteiger partial charge is 0.480 e. The van der Waals surface area contributed by atoms with Crippen molar-refractivity contribution >= 4 is 17.7 Å². The lowest BCUT2D eigenvalue weighted by Gasteiger charge is -2.25. The van der Waals surface area contributed by atoms with Gasteiger partial charge in [-0.2, -0.15) is 0 Å². The molecule has 76 valence electrons. The molecule has 2 nitrogen and oxygen atoms in total. The Morgan fingerprint density at radius 3 is 2.31 bits per heavy atom. The zero-order valence-corrected chi connectivity index (χ0v) is 9.36. The van der Waals surface area contributed by atoms with Gasteiger partial charge in [0.2, 0.25) is 0 Å². The van der Waals surface area contributed by atoms with Crippen molar-refractivity contribution in [1.29, 1.82) is 0 Å². The van der Waals surface area contributed by atoms with E-state index in [4.69, 9.17) is 5.11 Å². The first kappa shape index (κ1) is 12.6. The molecule has 1 N–H and O–H groups in total. The minimum absolute atomic E-state index is 0.584. The van der Waals surface area contributed by atoms with Gasteiger partial charge in [0.05, 0.1) is 0 Å². The molecule has 3 heteroatoms. The van der Waals surface area contributed by atoms with E-state index in [0.717, 1.165) is 5.75 Å². The van der Waals surface area contributed by atoms with E-state index in [0.29, 0.717) is 12.8 Å². The molecule has 0 saturated heterocycles.